The summed E-state index contributed by atoms with van der Waals surface area (Å²) in [5, 5.41) is 2.80. The van der Waals surface area contributed by atoms with Crippen LogP contribution in [-0.2, 0) is 17.8 Å². The Balaban J connectivity index is 1.46. The lowest BCUT2D eigenvalue weighted by atomic mass is 10.0. The van der Waals surface area contributed by atoms with Gasteiger partial charge in [0.1, 0.15) is 10.7 Å². The molecule has 0 amide bonds. The first-order chi connectivity index (χ1) is 15.6. The van der Waals surface area contributed by atoms with Crippen LogP contribution in [0.5, 0.6) is 0 Å². The first kappa shape index (κ1) is 21.5. The van der Waals surface area contributed by atoms with Crippen molar-refractivity contribution in [3.63, 3.8) is 0 Å². The number of nitrogens with one attached hydrogen (secondary N) is 1. The number of nitrogens with zero attached hydrogens (tertiary/aromatic N) is 2. The highest BCUT2D eigenvalue weighted by Gasteiger charge is 2.22. The molecule has 1 unspecified atom stereocenters. The first-order valence-electron chi connectivity index (χ1n) is 11.0. The lowest BCUT2D eigenvalue weighted by Crippen LogP contribution is -2.32. The Labute approximate surface area is 195 Å². The fourth-order valence-corrected chi connectivity index (χ4v) is 6.21. The molecular weight excluding hydrogens is 438 g/mol. The number of hydrogen-bond donors (Lipinski definition) is 1. The van der Waals surface area contributed by atoms with Crippen LogP contribution < -0.4 is 5.56 Å². The standard InChI is InChI=1S/C25H27N3O2S2/c1-16-7-9-18(10-8-16)22-17(2)32-25-23(22)24(29)26-21(27-25)15-28(13-19-5-3-11-30-19)14-20-6-4-12-31-20/h4,6-10,12,19H,3,5,11,13-15H2,1-2H3,(H,26,27,29). The average molecular weight is 466 g/mol. The van der Waals surface area contributed by atoms with Gasteiger partial charge in [0.05, 0.1) is 18.0 Å². The molecule has 1 atom stereocenters. The minimum Gasteiger partial charge on any atom is -0.377 e. The van der Waals surface area contributed by atoms with Crippen molar-refractivity contribution in [2.75, 3.05) is 13.2 Å². The second kappa shape index (κ2) is 9.27. The van der Waals surface area contributed by atoms with E-state index in [0.29, 0.717) is 17.8 Å². The molecule has 0 aliphatic carbocycles. The highest BCUT2D eigenvalue weighted by atomic mass is 32.1. The van der Waals surface area contributed by atoms with E-state index >= 15 is 0 Å². The van der Waals surface area contributed by atoms with Crippen molar-refractivity contribution in [2.45, 2.75) is 45.9 Å². The lowest BCUT2D eigenvalue weighted by Gasteiger charge is -2.24. The van der Waals surface area contributed by atoms with Gasteiger partial charge in [-0.05, 0) is 43.7 Å². The van der Waals surface area contributed by atoms with Gasteiger partial charge in [-0.15, -0.1) is 22.7 Å². The maximum atomic E-state index is 13.2. The van der Waals surface area contributed by atoms with Gasteiger partial charge in [-0.2, -0.15) is 0 Å². The number of thiophene rings is 2. The fourth-order valence-electron chi connectivity index (χ4n) is 4.40. The molecule has 1 aliphatic heterocycles. The number of fused-ring (bicyclic) bond motifs is 1. The third kappa shape index (κ3) is 4.57. The van der Waals surface area contributed by atoms with E-state index in [9.17, 15) is 4.79 Å². The Bertz CT molecular complexity index is 1250. The molecule has 4 heterocycles. The molecule has 1 saturated heterocycles. The molecule has 4 aromatic rings. The smallest absolute Gasteiger partial charge is 0.260 e. The lowest BCUT2D eigenvalue weighted by molar-refractivity contribution is 0.0674. The normalized spacial score (nSPS) is 16.4. The van der Waals surface area contributed by atoms with E-state index in [1.165, 1.54) is 10.4 Å². The molecule has 3 aromatic heterocycles. The molecule has 1 aliphatic rings. The summed E-state index contributed by atoms with van der Waals surface area (Å²) in [6.07, 6.45) is 2.46. The highest BCUT2D eigenvalue weighted by Crippen LogP contribution is 2.35. The van der Waals surface area contributed by atoms with E-state index < -0.39 is 0 Å². The molecule has 1 fully saturated rings. The molecule has 1 N–H and O–H groups in total. The van der Waals surface area contributed by atoms with Crippen LogP contribution in [0.3, 0.4) is 0 Å². The summed E-state index contributed by atoms with van der Waals surface area (Å²) in [7, 11) is 0. The van der Waals surface area contributed by atoms with Crippen LogP contribution in [0.1, 0.15) is 34.0 Å². The minimum atomic E-state index is -0.0573. The summed E-state index contributed by atoms with van der Waals surface area (Å²) in [4.78, 5) is 26.7. The number of rotatable bonds is 7. The van der Waals surface area contributed by atoms with Gasteiger partial charge in [0.15, 0.2) is 0 Å². The number of benzene rings is 1. The summed E-state index contributed by atoms with van der Waals surface area (Å²) in [5.41, 5.74) is 3.22. The molecule has 5 rings (SSSR count). The Morgan fingerprint density at radius 3 is 2.75 bits per heavy atom. The Hall–Kier alpha value is -2.32. The zero-order valence-corrected chi connectivity index (χ0v) is 20.0. The third-order valence-electron chi connectivity index (χ3n) is 5.95. The molecule has 0 saturated carbocycles. The maximum absolute atomic E-state index is 13.2. The van der Waals surface area contributed by atoms with Crippen molar-refractivity contribution in [2.24, 2.45) is 0 Å². The van der Waals surface area contributed by atoms with Gasteiger partial charge >= 0.3 is 0 Å². The van der Waals surface area contributed by atoms with Crippen molar-refractivity contribution in [3.05, 3.63) is 73.3 Å². The van der Waals surface area contributed by atoms with Crippen LogP contribution in [0, 0.1) is 13.8 Å². The van der Waals surface area contributed by atoms with E-state index in [-0.39, 0.29) is 11.7 Å². The number of aromatic amines is 1. The van der Waals surface area contributed by atoms with Crippen LogP contribution in [0.2, 0.25) is 0 Å². The van der Waals surface area contributed by atoms with Gasteiger partial charge in [-0.3, -0.25) is 9.69 Å². The van der Waals surface area contributed by atoms with Crippen molar-refractivity contribution in [3.8, 4) is 11.1 Å². The zero-order valence-electron chi connectivity index (χ0n) is 18.4. The summed E-state index contributed by atoms with van der Waals surface area (Å²) in [6, 6.07) is 12.6. The molecule has 5 nitrogen and oxygen atoms in total. The monoisotopic (exact) mass is 465 g/mol. The Kier molecular flexibility index (Phi) is 6.24. The SMILES string of the molecule is Cc1ccc(-c2c(C)sc3nc(CN(Cc4cccs4)CC4CCCO4)[nH]c(=O)c23)cc1. The summed E-state index contributed by atoms with van der Waals surface area (Å²) in [5.74, 6) is 0.716. The number of H-pyrrole nitrogens is 1. The van der Waals surface area contributed by atoms with E-state index in [0.717, 1.165) is 53.4 Å². The van der Waals surface area contributed by atoms with E-state index in [2.05, 4.69) is 65.5 Å². The second-order valence-electron chi connectivity index (χ2n) is 8.48. The first-order valence-corrected chi connectivity index (χ1v) is 12.7. The molecular formula is C25H27N3O2S2. The molecule has 7 heteroatoms. The largest absolute Gasteiger partial charge is 0.377 e. The third-order valence-corrected chi connectivity index (χ3v) is 7.81. The predicted octanol–water partition coefficient (Wildman–Crippen LogP) is 5.51. The quantitative estimate of drug-likeness (QED) is 0.391. The van der Waals surface area contributed by atoms with Crippen LogP contribution in [-0.4, -0.2) is 34.1 Å². The molecule has 0 radical (unpaired) electrons. The Morgan fingerprint density at radius 2 is 2.03 bits per heavy atom. The number of hydrogen-bond acceptors (Lipinski definition) is 6. The van der Waals surface area contributed by atoms with Gasteiger partial charge < -0.3 is 9.72 Å². The van der Waals surface area contributed by atoms with Gasteiger partial charge in [0.2, 0.25) is 0 Å². The van der Waals surface area contributed by atoms with E-state index in [1.54, 1.807) is 22.7 Å². The van der Waals surface area contributed by atoms with Crippen molar-refractivity contribution < 1.29 is 4.74 Å². The van der Waals surface area contributed by atoms with Gasteiger partial charge in [0, 0.05) is 35.0 Å². The Morgan fingerprint density at radius 1 is 1.19 bits per heavy atom. The predicted molar refractivity (Wildman–Crippen MR) is 133 cm³/mol. The molecule has 0 spiro atoms. The van der Waals surface area contributed by atoms with Crippen molar-refractivity contribution in [1.29, 1.82) is 0 Å². The average Bonchev–Trinajstić information content (AvgIpc) is 3.51. The van der Waals surface area contributed by atoms with Crippen LogP contribution in [0.25, 0.3) is 21.3 Å². The number of ether oxygens (including phenoxy) is 1. The van der Waals surface area contributed by atoms with Crippen LogP contribution in [0.4, 0.5) is 0 Å². The van der Waals surface area contributed by atoms with Crippen molar-refractivity contribution in [1.82, 2.24) is 14.9 Å². The molecule has 32 heavy (non-hydrogen) atoms. The summed E-state index contributed by atoms with van der Waals surface area (Å²) in [6.45, 7) is 7.26. The van der Waals surface area contributed by atoms with Crippen LogP contribution in [0.15, 0.2) is 46.6 Å². The van der Waals surface area contributed by atoms with E-state index in [4.69, 9.17) is 9.72 Å². The van der Waals surface area contributed by atoms with Crippen molar-refractivity contribution >= 4 is 32.9 Å². The van der Waals surface area contributed by atoms with Crippen LogP contribution >= 0.6 is 22.7 Å². The summed E-state index contributed by atoms with van der Waals surface area (Å²) >= 11 is 3.36. The molecule has 1 aromatic carbocycles. The maximum Gasteiger partial charge on any atom is 0.260 e. The second-order valence-corrected chi connectivity index (χ2v) is 10.7. The van der Waals surface area contributed by atoms with E-state index in [1.807, 2.05) is 0 Å². The number of aryl methyl sites for hydroxylation is 2. The molecule has 0 bridgehead atoms. The van der Waals surface area contributed by atoms with Gasteiger partial charge in [-0.25, -0.2) is 4.98 Å². The minimum absolute atomic E-state index is 0.0573. The van der Waals surface area contributed by atoms with Gasteiger partial charge in [-0.1, -0.05) is 35.9 Å². The fraction of sp³-hybridized carbons (Fsp3) is 0.360. The molecule has 166 valence electrons. The highest BCUT2D eigenvalue weighted by molar-refractivity contribution is 7.19. The summed E-state index contributed by atoms with van der Waals surface area (Å²) < 4.78 is 5.88. The van der Waals surface area contributed by atoms with Gasteiger partial charge in [0.25, 0.3) is 5.56 Å². The topological polar surface area (TPSA) is 58.2 Å². The zero-order chi connectivity index (χ0) is 22.1. The number of aromatic nitrogens is 2.